The standard InChI is InChI=1S/C21H27N3O3S/c1-7-24-16-10-17(27-6)13(8-14(16)12(2)11-21(24,3)4)9-15-18(25)22-20(28)23(5)19(15)26/h8-10,12H,7,11H2,1-6H3,(H,22,25,28)/b15-9-. The lowest BCUT2D eigenvalue weighted by molar-refractivity contribution is -0.128. The Morgan fingerprint density at radius 2 is 2.04 bits per heavy atom. The van der Waals surface area contributed by atoms with Crippen LogP contribution in [0.3, 0.4) is 0 Å². The number of likely N-dealkylation sites (N-methyl/N-ethyl adjacent to an activating group) is 1. The van der Waals surface area contributed by atoms with Gasteiger partial charge in [0.2, 0.25) is 0 Å². The number of carbonyl (C=O) groups excluding carboxylic acids is 2. The maximum atomic E-state index is 12.5. The summed E-state index contributed by atoms with van der Waals surface area (Å²) in [6, 6.07) is 4.05. The quantitative estimate of drug-likeness (QED) is 0.479. The molecule has 2 amide bonds. The second kappa shape index (κ2) is 7.20. The van der Waals surface area contributed by atoms with Gasteiger partial charge in [-0.25, -0.2) is 0 Å². The molecule has 1 aromatic rings. The molecule has 150 valence electrons. The van der Waals surface area contributed by atoms with Crippen molar-refractivity contribution in [2.75, 3.05) is 25.6 Å². The average Bonchev–Trinajstić information content (AvgIpc) is 2.62. The molecule has 0 bridgehead atoms. The molecule has 3 rings (SSSR count). The first-order valence-electron chi connectivity index (χ1n) is 9.45. The third-order valence-corrected chi connectivity index (χ3v) is 6.03. The van der Waals surface area contributed by atoms with Gasteiger partial charge in [-0.05, 0) is 63.0 Å². The molecule has 0 radical (unpaired) electrons. The van der Waals surface area contributed by atoms with Crippen molar-refractivity contribution in [1.82, 2.24) is 10.2 Å². The average molecular weight is 402 g/mol. The number of nitrogens with one attached hydrogen (secondary N) is 1. The Morgan fingerprint density at radius 1 is 1.36 bits per heavy atom. The molecule has 6 nitrogen and oxygen atoms in total. The third-order valence-electron chi connectivity index (χ3n) is 5.66. The van der Waals surface area contributed by atoms with Crippen molar-refractivity contribution in [3.05, 3.63) is 28.8 Å². The van der Waals surface area contributed by atoms with Crippen LogP contribution in [-0.4, -0.2) is 48.1 Å². The zero-order chi connectivity index (χ0) is 20.8. The van der Waals surface area contributed by atoms with Crippen molar-refractivity contribution < 1.29 is 14.3 Å². The van der Waals surface area contributed by atoms with Crippen LogP contribution in [0, 0.1) is 0 Å². The molecule has 2 aliphatic rings. The van der Waals surface area contributed by atoms with Gasteiger partial charge in [0.25, 0.3) is 11.8 Å². The number of hydrogen-bond acceptors (Lipinski definition) is 5. The number of anilines is 1. The summed E-state index contributed by atoms with van der Waals surface area (Å²) in [5.41, 5.74) is 3.14. The fourth-order valence-corrected chi connectivity index (χ4v) is 4.49. The number of carbonyl (C=O) groups is 2. The second-order valence-electron chi connectivity index (χ2n) is 8.00. The highest BCUT2D eigenvalue weighted by atomic mass is 32.1. The first-order valence-corrected chi connectivity index (χ1v) is 9.86. The second-order valence-corrected chi connectivity index (χ2v) is 8.38. The molecular weight excluding hydrogens is 374 g/mol. The monoisotopic (exact) mass is 401 g/mol. The molecule has 0 spiro atoms. The van der Waals surface area contributed by atoms with Gasteiger partial charge < -0.3 is 9.64 Å². The molecule has 1 fully saturated rings. The zero-order valence-corrected chi connectivity index (χ0v) is 18.1. The predicted octanol–water partition coefficient (Wildman–Crippen LogP) is 3.06. The molecule has 1 N–H and O–H groups in total. The summed E-state index contributed by atoms with van der Waals surface area (Å²) in [6.45, 7) is 9.75. The van der Waals surface area contributed by atoms with Crippen molar-refractivity contribution in [3.63, 3.8) is 0 Å². The van der Waals surface area contributed by atoms with E-state index in [-0.39, 0.29) is 16.2 Å². The topological polar surface area (TPSA) is 61.9 Å². The lowest BCUT2D eigenvalue weighted by Gasteiger charge is -2.47. The molecule has 0 aliphatic carbocycles. The number of benzene rings is 1. The normalized spacial score (nSPS) is 23.0. The van der Waals surface area contributed by atoms with Crippen molar-refractivity contribution in [3.8, 4) is 5.75 Å². The Kier molecular flexibility index (Phi) is 5.23. The van der Waals surface area contributed by atoms with Gasteiger partial charge in [0.15, 0.2) is 5.11 Å². The maximum absolute atomic E-state index is 12.5. The smallest absolute Gasteiger partial charge is 0.265 e. The molecule has 1 atom stereocenters. The van der Waals surface area contributed by atoms with Gasteiger partial charge in [0, 0.05) is 36.4 Å². The van der Waals surface area contributed by atoms with Crippen LogP contribution in [-0.2, 0) is 9.59 Å². The van der Waals surface area contributed by atoms with Crippen LogP contribution in [0.5, 0.6) is 5.75 Å². The van der Waals surface area contributed by atoms with Gasteiger partial charge in [0.1, 0.15) is 11.3 Å². The van der Waals surface area contributed by atoms with Crippen LogP contribution < -0.4 is 15.0 Å². The molecule has 1 saturated heterocycles. The van der Waals surface area contributed by atoms with E-state index in [2.05, 4.69) is 37.9 Å². The van der Waals surface area contributed by atoms with E-state index in [1.165, 1.54) is 10.5 Å². The Bertz CT molecular complexity index is 891. The molecule has 0 aromatic heterocycles. The predicted molar refractivity (Wildman–Crippen MR) is 115 cm³/mol. The molecular formula is C21H27N3O3S. The summed E-state index contributed by atoms with van der Waals surface area (Å²) >= 11 is 5.01. The Balaban J connectivity index is 2.14. The highest BCUT2D eigenvalue weighted by molar-refractivity contribution is 7.80. The van der Waals surface area contributed by atoms with Gasteiger partial charge >= 0.3 is 0 Å². The molecule has 1 unspecified atom stereocenters. The minimum Gasteiger partial charge on any atom is -0.496 e. The SMILES string of the molecule is CCN1c2cc(OC)c(/C=C3/C(=O)NC(=S)N(C)C3=O)cc2C(C)CC1(C)C. The summed E-state index contributed by atoms with van der Waals surface area (Å²) in [5.74, 6) is 0.0723. The van der Waals surface area contributed by atoms with Crippen LogP contribution in [0.1, 0.15) is 51.2 Å². The van der Waals surface area contributed by atoms with Crippen LogP contribution in [0.4, 0.5) is 5.69 Å². The Hall–Kier alpha value is -2.41. The number of ether oxygens (including phenoxy) is 1. The Morgan fingerprint density at radius 3 is 2.64 bits per heavy atom. The van der Waals surface area contributed by atoms with Gasteiger partial charge in [-0.1, -0.05) is 6.92 Å². The number of fused-ring (bicyclic) bond motifs is 1. The largest absolute Gasteiger partial charge is 0.496 e. The Labute approximate surface area is 171 Å². The van der Waals surface area contributed by atoms with E-state index in [9.17, 15) is 9.59 Å². The summed E-state index contributed by atoms with van der Waals surface area (Å²) in [7, 11) is 3.15. The highest BCUT2D eigenvalue weighted by Gasteiger charge is 2.36. The van der Waals surface area contributed by atoms with Crippen molar-refractivity contribution in [2.24, 2.45) is 0 Å². The minimum absolute atomic E-state index is 0.0454. The van der Waals surface area contributed by atoms with Gasteiger partial charge in [-0.15, -0.1) is 0 Å². The molecule has 0 saturated carbocycles. The van der Waals surface area contributed by atoms with Crippen molar-refractivity contribution in [1.29, 1.82) is 0 Å². The van der Waals surface area contributed by atoms with E-state index in [1.54, 1.807) is 20.2 Å². The van der Waals surface area contributed by atoms with Crippen LogP contribution in [0.15, 0.2) is 17.7 Å². The minimum atomic E-state index is -0.489. The number of thiocarbonyl (C=S) groups is 1. The van der Waals surface area contributed by atoms with Crippen LogP contribution >= 0.6 is 12.2 Å². The van der Waals surface area contributed by atoms with E-state index < -0.39 is 11.8 Å². The lowest BCUT2D eigenvalue weighted by Crippen LogP contribution is -2.52. The molecule has 2 aliphatic heterocycles. The summed E-state index contributed by atoms with van der Waals surface area (Å²) in [5, 5.41) is 2.66. The van der Waals surface area contributed by atoms with Gasteiger partial charge in [-0.3, -0.25) is 19.8 Å². The molecule has 7 heteroatoms. The number of methoxy groups -OCH3 is 1. The molecule has 2 heterocycles. The third kappa shape index (κ3) is 3.28. The fraction of sp³-hybridized carbons (Fsp3) is 0.476. The summed E-state index contributed by atoms with van der Waals surface area (Å²) in [4.78, 5) is 28.5. The number of rotatable bonds is 3. The van der Waals surface area contributed by atoms with E-state index in [4.69, 9.17) is 17.0 Å². The van der Waals surface area contributed by atoms with Crippen LogP contribution in [0.2, 0.25) is 0 Å². The summed E-state index contributed by atoms with van der Waals surface area (Å²) < 4.78 is 5.61. The number of amides is 2. The molecule has 1 aromatic carbocycles. The van der Waals surface area contributed by atoms with E-state index in [0.717, 1.165) is 18.7 Å². The van der Waals surface area contributed by atoms with Gasteiger partial charge in [0.05, 0.1) is 7.11 Å². The van der Waals surface area contributed by atoms with E-state index in [1.807, 2.05) is 12.1 Å². The first kappa shape index (κ1) is 20.3. The first-order chi connectivity index (χ1) is 13.1. The van der Waals surface area contributed by atoms with Crippen molar-refractivity contribution >= 4 is 40.9 Å². The van der Waals surface area contributed by atoms with E-state index in [0.29, 0.717) is 17.2 Å². The van der Waals surface area contributed by atoms with E-state index >= 15 is 0 Å². The highest BCUT2D eigenvalue weighted by Crippen LogP contribution is 2.46. The number of hydrogen-bond donors (Lipinski definition) is 1. The fourth-order valence-electron chi connectivity index (χ4n) is 4.32. The lowest BCUT2D eigenvalue weighted by atomic mass is 9.79. The molecule has 28 heavy (non-hydrogen) atoms. The summed E-state index contributed by atoms with van der Waals surface area (Å²) in [6.07, 6.45) is 2.62. The van der Waals surface area contributed by atoms with Gasteiger partial charge in [-0.2, -0.15) is 0 Å². The van der Waals surface area contributed by atoms with Crippen LogP contribution in [0.25, 0.3) is 6.08 Å². The number of nitrogens with zero attached hydrogens (tertiary/aromatic N) is 2. The zero-order valence-electron chi connectivity index (χ0n) is 17.3. The maximum Gasteiger partial charge on any atom is 0.265 e. The van der Waals surface area contributed by atoms with Crippen molar-refractivity contribution in [2.45, 2.75) is 45.6 Å².